The molecule has 1 amide bonds. The molecular formula is C10H11N3O. The molecule has 72 valence electrons. The highest BCUT2D eigenvalue weighted by molar-refractivity contribution is 5.93. The van der Waals surface area contributed by atoms with Gasteiger partial charge in [-0.2, -0.15) is 0 Å². The van der Waals surface area contributed by atoms with Crippen LogP contribution in [0, 0.1) is 12.3 Å². The predicted molar refractivity (Wildman–Crippen MR) is 52.4 cm³/mol. The lowest BCUT2D eigenvalue weighted by Gasteiger charge is -2.17. The molecule has 14 heavy (non-hydrogen) atoms. The molecule has 1 heterocycles. The number of carbonyl (C=O) groups is 1. The van der Waals surface area contributed by atoms with E-state index in [1.54, 1.807) is 4.90 Å². The van der Waals surface area contributed by atoms with E-state index in [1.165, 1.54) is 18.7 Å². The first-order valence-corrected chi connectivity index (χ1v) is 4.27. The summed E-state index contributed by atoms with van der Waals surface area (Å²) in [6.07, 6.45) is 9.49. The van der Waals surface area contributed by atoms with E-state index in [4.69, 9.17) is 6.42 Å². The van der Waals surface area contributed by atoms with Crippen molar-refractivity contribution in [1.82, 2.24) is 14.9 Å². The number of terminal acetylenes is 1. The molecule has 0 bridgehead atoms. The van der Waals surface area contributed by atoms with Gasteiger partial charge in [-0.3, -0.25) is 4.79 Å². The van der Waals surface area contributed by atoms with Crippen LogP contribution in [0.2, 0.25) is 0 Å². The molecule has 0 N–H and O–H groups in total. The van der Waals surface area contributed by atoms with Crippen molar-refractivity contribution in [2.45, 2.75) is 6.92 Å². The Balaban J connectivity index is 2.79. The van der Waals surface area contributed by atoms with Crippen molar-refractivity contribution in [3.8, 4) is 12.3 Å². The van der Waals surface area contributed by atoms with Gasteiger partial charge in [-0.15, -0.1) is 6.42 Å². The van der Waals surface area contributed by atoms with E-state index in [9.17, 15) is 4.79 Å². The van der Waals surface area contributed by atoms with Gasteiger partial charge in [0.05, 0.1) is 12.1 Å². The Labute approximate surface area is 83.0 Å². The van der Waals surface area contributed by atoms with Crippen LogP contribution in [0.4, 0.5) is 0 Å². The summed E-state index contributed by atoms with van der Waals surface area (Å²) in [6.45, 7) is 2.77. The van der Waals surface area contributed by atoms with Crippen molar-refractivity contribution < 1.29 is 4.79 Å². The minimum Gasteiger partial charge on any atom is -0.328 e. The van der Waals surface area contributed by atoms with E-state index in [2.05, 4.69) is 15.9 Å². The van der Waals surface area contributed by atoms with Crippen molar-refractivity contribution in [2.75, 3.05) is 13.1 Å². The van der Waals surface area contributed by atoms with Gasteiger partial charge in [0.2, 0.25) is 0 Å². The first-order valence-electron chi connectivity index (χ1n) is 4.27. The van der Waals surface area contributed by atoms with E-state index >= 15 is 0 Å². The minimum atomic E-state index is -0.133. The quantitative estimate of drug-likeness (QED) is 0.653. The van der Waals surface area contributed by atoms with Crippen LogP contribution in [0.25, 0.3) is 0 Å². The number of carbonyl (C=O) groups excluding carboxylic acids is 1. The second-order valence-corrected chi connectivity index (χ2v) is 2.65. The molecule has 1 aromatic heterocycles. The van der Waals surface area contributed by atoms with Crippen LogP contribution in [0.3, 0.4) is 0 Å². The molecule has 0 unspecified atom stereocenters. The summed E-state index contributed by atoms with van der Waals surface area (Å²) >= 11 is 0. The molecular weight excluding hydrogens is 178 g/mol. The van der Waals surface area contributed by atoms with Gasteiger partial charge < -0.3 is 4.90 Å². The summed E-state index contributed by atoms with van der Waals surface area (Å²) < 4.78 is 0. The van der Waals surface area contributed by atoms with Gasteiger partial charge in [0, 0.05) is 18.9 Å². The second-order valence-electron chi connectivity index (χ2n) is 2.65. The maximum atomic E-state index is 11.7. The van der Waals surface area contributed by atoms with Gasteiger partial charge in [-0.05, 0) is 6.92 Å². The molecule has 4 nitrogen and oxygen atoms in total. The smallest absolute Gasteiger partial charge is 0.257 e. The number of amides is 1. The van der Waals surface area contributed by atoms with E-state index in [-0.39, 0.29) is 5.91 Å². The van der Waals surface area contributed by atoms with Gasteiger partial charge in [-0.25, -0.2) is 9.97 Å². The topological polar surface area (TPSA) is 46.1 Å². The maximum absolute atomic E-state index is 11.7. The van der Waals surface area contributed by atoms with Crippen molar-refractivity contribution >= 4 is 5.91 Å². The Hall–Kier alpha value is -1.89. The lowest BCUT2D eigenvalue weighted by Crippen LogP contribution is -2.31. The molecule has 0 aliphatic heterocycles. The predicted octanol–water partition coefficient (Wildman–Crippen LogP) is 0.572. The number of aromatic nitrogens is 2. The van der Waals surface area contributed by atoms with Crippen LogP contribution in [-0.4, -0.2) is 33.9 Å². The van der Waals surface area contributed by atoms with Crippen molar-refractivity contribution in [3.63, 3.8) is 0 Å². The van der Waals surface area contributed by atoms with E-state index in [0.29, 0.717) is 18.7 Å². The molecule has 0 spiro atoms. The van der Waals surface area contributed by atoms with Gasteiger partial charge in [0.1, 0.15) is 6.33 Å². The highest BCUT2D eigenvalue weighted by Crippen LogP contribution is 2.00. The highest BCUT2D eigenvalue weighted by atomic mass is 16.2. The number of nitrogens with zero attached hydrogens (tertiary/aromatic N) is 3. The molecule has 0 atom stereocenters. The zero-order chi connectivity index (χ0) is 10.4. The molecule has 0 aliphatic rings. The van der Waals surface area contributed by atoms with Crippen molar-refractivity contribution in [2.24, 2.45) is 0 Å². The third-order valence-corrected chi connectivity index (χ3v) is 1.76. The third-order valence-electron chi connectivity index (χ3n) is 1.76. The summed E-state index contributed by atoms with van der Waals surface area (Å²) in [6, 6.07) is 0. The lowest BCUT2D eigenvalue weighted by atomic mass is 10.3. The largest absolute Gasteiger partial charge is 0.328 e. The minimum absolute atomic E-state index is 0.133. The Morgan fingerprint density at radius 1 is 1.57 bits per heavy atom. The van der Waals surface area contributed by atoms with Crippen molar-refractivity contribution in [3.05, 3.63) is 24.3 Å². The molecule has 0 aliphatic carbocycles. The highest BCUT2D eigenvalue weighted by Gasteiger charge is 2.12. The van der Waals surface area contributed by atoms with Gasteiger partial charge in [-0.1, -0.05) is 5.92 Å². The van der Waals surface area contributed by atoms with E-state index < -0.39 is 0 Å². The molecule has 4 heteroatoms. The average molecular weight is 189 g/mol. The maximum Gasteiger partial charge on any atom is 0.257 e. The van der Waals surface area contributed by atoms with Crippen LogP contribution < -0.4 is 0 Å². The second kappa shape index (κ2) is 4.97. The summed E-state index contributed by atoms with van der Waals surface area (Å²) in [4.78, 5) is 20.8. The van der Waals surface area contributed by atoms with Crippen LogP contribution in [0.5, 0.6) is 0 Å². The van der Waals surface area contributed by atoms with Crippen LogP contribution in [-0.2, 0) is 0 Å². The van der Waals surface area contributed by atoms with E-state index in [0.717, 1.165) is 0 Å². The lowest BCUT2D eigenvalue weighted by molar-refractivity contribution is 0.0784. The third kappa shape index (κ3) is 2.30. The SMILES string of the molecule is C#CCN(CC)C(=O)c1cncnc1. The molecule has 1 aromatic rings. The average Bonchev–Trinajstić information content (AvgIpc) is 2.26. The normalized spacial score (nSPS) is 9.14. The zero-order valence-electron chi connectivity index (χ0n) is 7.97. The van der Waals surface area contributed by atoms with Crippen LogP contribution in [0.1, 0.15) is 17.3 Å². The molecule has 0 radical (unpaired) electrons. The van der Waals surface area contributed by atoms with Crippen molar-refractivity contribution in [1.29, 1.82) is 0 Å². The first kappa shape index (κ1) is 10.2. The van der Waals surface area contributed by atoms with Crippen LogP contribution in [0.15, 0.2) is 18.7 Å². The fourth-order valence-corrected chi connectivity index (χ4v) is 1.03. The fraction of sp³-hybridized carbons (Fsp3) is 0.300. The zero-order valence-corrected chi connectivity index (χ0v) is 7.97. The Kier molecular flexibility index (Phi) is 3.62. The molecule has 0 aromatic carbocycles. The standard InChI is InChI=1S/C10H11N3O/c1-3-5-13(4-2)10(14)9-6-11-8-12-7-9/h1,6-8H,4-5H2,2H3. The fourth-order valence-electron chi connectivity index (χ4n) is 1.03. The molecule has 0 saturated heterocycles. The molecule has 1 rings (SSSR count). The first-order chi connectivity index (χ1) is 6.79. The Bertz CT molecular complexity index is 342. The number of hydrogen-bond donors (Lipinski definition) is 0. The summed E-state index contributed by atoms with van der Waals surface area (Å²) in [5.41, 5.74) is 0.463. The van der Waals surface area contributed by atoms with Gasteiger partial charge in [0.15, 0.2) is 0 Å². The summed E-state index contributed by atoms with van der Waals surface area (Å²) in [5, 5.41) is 0. The molecule has 0 fully saturated rings. The number of rotatable bonds is 3. The monoisotopic (exact) mass is 189 g/mol. The van der Waals surface area contributed by atoms with Gasteiger partial charge in [0.25, 0.3) is 5.91 Å². The summed E-state index contributed by atoms with van der Waals surface area (Å²) in [7, 11) is 0. The Morgan fingerprint density at radius 2 is 2.21 bits per heavy atom. The van der Waals surface area contributed by atoms with Crippen LogP contribution >= 0.6 is 0 Å². The van der Waals surface area contributed by atoms with Gasteiger partial charge >= 0.3 is 0 Å². The summed E-state index contributed by atoms with van der Waals surface area (Å²) in [5.74, 6) is 2.30. The molecule has 0 saturated carbocycles. The number of hydrogen-bond acceptors (Lipinski definition) is 3. The van der Waals surface area contributed by atoms with E-state index in [1.807, 2.05) is 6.92 Å². The Morgan fingerprint density at radius 3 is 2.71 bits per heavy atom.